The topological polar surface area (TPSA) is 43.1 Å². The lowest BCUT2D eigenvalue weighted by Crippen LogP contribution is -3.06. The van der Waals surface area contributed by atoms with Crippen molar-refractivity contribution in [3.63, 3.8) is 0 Å². The minimum atomic E-state index is -4.32. The molecule has 0 radical (unpaired) electrons. The van der Waals surface area contributed by atoms with Crippen LogP contribution in [0.2, 0.25) is 0 Å². The van der Waals surface area contributed by atoms with Gasteiger partial charge in [-0.3, -0.25) is 0 Å². The van der Waals surface area contributed by atoms with Gasteiger partial charge in [-0.05, 0) is 18.2 Å². The van der Waals surface area contributed by atoms with Crippen LogP contribution in [0, 0.1) is 0 Å². The molecule has 1 atom stereocenters. The number of halogens is 3. The molecule has 24 heavy (non-hydrogen) atoms. The zero-order valence-electron chi connectivity index (χ0n) is 13.0. The third kappa shape index (κ3) is 3.56. The van der Waals surface area contributed by atoms with Gasteiger partial charge in [-0.1, -0.05) is 12.1 Å². The van der Waals surface area contributed by atoms with Gasteiger partial charge in [0.15, 0.2) is 11.5 Å². The fourth-order valence-corrected chi connectivity index (χ4v) is 2.66. The number of aromatic hydroxyl groups is 1. The van der Waals surface area contributed by atoms with Crippen molar-refractivity contribution in [2.45, 2.75) is 19.3 Å². The molecule has 1 unspecified atom stereocenters. The first-order valence-corrected chi connectivity index (χ1v) is 7.42. The summed E-state index contributed by atoms with van der Waals surface area (Å²) in [6, 6.07) is 8.37. The smallest absolute Gasteiger partial charge is 0.416 e. The van der Waals surface area contributed by atoms with Crippen LogP contribution in [0.15, 0.2) is 36.4 Å². The highest BCUT2D eigenvalue weighted by molar-refractivity contribution is 5.50. The molecule has 1 aliphatic rings. The molecule has 3 rings (SSSR count). The van der Waals surface area contributed by atoms with Gasteiger partial charge in [0.1, 0.15) is 18.8 Å². The highest BCUT2D eigenvalue weighted by Crippen LogP contribution is 2.37. The van der Waals surface area contributed by atoms with Gasteiger partial charge < -0.3 is 19.5 Å². The first-order chi connectivity index (χ1) is 11.3. The second kappa shape index (κ2) is 6.24. The summed E-state index contributed by atoms with van der Waals surface area (Å²) in [7, 11) is 1.90. The Hall–Kier alpha value is -2.41. The molecular formula is C17H17F3NO3+. The molecule has 4 nitrogen and oxygen atoms in total. The number of quaternary nitrogens is 1. The van der Waals surface area contributed by atoms with Crippen molar-refractivity contribution < 1.29 is 32.7 Å². The lowest BCUT2D eigenvalue weighted by Gasteiger charge is -2.16. The second-order valence-corrected chi connectivity index (χ2v) is 5.84. The summed E-state index contributed by atoms with van der Waals surface area (Å²) in [5, 5.41) is 10.0. The van der Waals surface area contributed by atoms with E-state index >= 15 is 0 Å². The number of nitrogens with one attached hydrogen (secondary N) is 1. The SMILES string of the molecule is C[NH+](Cc1ccc(C(F)(F)F)cc1)Cc1cc2c(cc1O)OCO2. The number of ether oxygens (including phenoxy) is 2. The van der Waals surface area contributed by atoms with Crippen LogP contribution in [0.25, 0.3) is 0 Å². The van der Waals surface area contributed by atoms with Crippen LogP contribution in [0.1, 0.15) is 16.7 Å². The molecule has 0 saturated carbocycles. The van der Waals surface area contributed by atoms with Gasteiger partial charge in [-0.15, -0.1) is 0 Å². The Morgan fingerprint density at radius 1 is 1.04 bits per heavy atom. The highest BCUT2D eigenvalue weighted by Gasteiger charge is 2.30. The van der Waals surface area contributed by atoms with Crippen LogP contribution in [0.3, 0.4) is 0 Å². The van der Waals surface area contributed by atoms with Crippen LogP contribution in [0.5, 0.6) is 17.2 Å². The molecule has 2 N–H and O–H groups in total. The van der Waals surface area contributed by atoms with Crippen molar-refractivity contribution in [3.8, 4) is 17.2 Å². The zero-order chi connectivity index (χ0) is 17.3. The molecule has 128 valence electrons. The Balaban J connectivity index is 1.67. The summed E-state index contributed by atoms with van der Waals surface area (Å²) in [5.74, 6) is 1.22. The number of phenolic OH excluding ortho intramolecular Hbond substituents is 1. The maximum Gasteiger partial charge on any atom is 0.416 e. The number of fused-ring (bicyclic) bond motifs is 1. The van der Waals surface area contributed by atoms with Crippen LogP contribution in [-0.2, 0) is 19.3 Å². The predicted molar refractivity (Wildman–Crippen MR) is 80.0 cm³/mol. The van der Waals surface area contributed by atoms with E-state index in [1.54, 1.807) is 6.07 Å². The molecule has 2 aromatic carbocycles. The van der Waals surface area contributed by atoms with E-state index in [2.05, 4.69) is 0 Å². The Morgan fingerprint density at radius 3 is 2.29 bits per heavy atom. The number of alkyl halides is 3. The van der Waals surface area contributed by atoms with Gasteiger partial charge in [0, 0.05) is 11.6 Å². The van der Waals surface area contributed by atoms with E-state index in [4.69, 9.17) is 9.47 Å². The quantitative estimate of drug-likeness (QED) is 0.898. The first kappa shape index (κ1) is 16.4. The fourth-order valence-electron chi connectivity index (χ4n) is 2.66. The molecule has 7 heteroatoms. The van der Waals surface area contributed by atoms with Crippen LogP contribution in [-0.4, -0.2) is 18.9 Å². The predicted octanol–water partition coefficient (Wildman–Crippen LogP) is 2.35. The van der Waals surface area contributed by atoms with Crippen molar-refractivity contribution >= 4 is 0 Å². The van der Waals surface area contributed by atoms with Gasteiger partial charge in [0.05, 0.1) is 18.2 Å². The molecule has 1 aliphatic heterocycles. The van der Waals surface area contributed by atoms with E-state index < -0.39 is 11.7 Å². The fraction of sp³-hybridized carbons (Fsp3) is 0.294. The van der Waals surface area contributed by atoms with Crippen molar-refractivity contribution in [1.29, 1.82) is 0 Å². The van der Waals surface area contributed by atoms with Gasteiger partial charge in [0.2, 0.25) is 6.79 Å². The molecule has 0 aliphatic carbocycles. The van der Waals surface area contributed by atoms with E-state index in [1.807, 2.05) is 7.05 Å². The molecular weight excluding hydrogens is 323 g/mol. The van der Waals surface area contributed by atoms with Crippen LogP contribution in [0.4, 0.5) is 13.2 Å². The van der Waals surface area contributed by atoms with Gasteiger partial charge in [0.25, 0.3) is 0 Å². The molecule has 1 heterocycles. The Bertz CT molecular complexity index is 729. The molecule has 2 aromatic rings. The summed E-state index contributed by atoms with van der Waals surface area (Å²) >= 11 is 0. The second-order valence-electron chi connectivity index (χ2n) is 5.84. The van der Waals surface area contributed by atoms with E-state index in [0.29, 0.717) is 30.2 Å². The van der Waals surface area contributed by atoms with Crippen molar-refractivity contribution in [1.82, 2.24) is 0 Å². The lowest BCUT2D eigenvalue weighted by molar-refractivity contribution is -0.907. The maximum atomic E-state index is 12.6. The van der Waals surface area contributed by atoms with Crippen molar-refractivity contribution in [2.75, 3.05) is 13.8 Å². The molecule has 0 amide bonds. The number of benzene rings is 2. The average Bonchev–Trinajstić information content (AvgIpc) is 2.94. The Kier molecular flexibility index (Phi) is 4.28. The third-order valence-electron chi connectivity index (χ3n) is 3.85. The van der Waals surface area contributed by atoms with Gasteiger partial charge >= 0.3 is 6.18 Å². The van der Waals surface area contributed by atoms with E-state index in [1.165, 1.54) is 18.2 Å². The zero-order valence-corrected chi connectivity index (χ0v) is 13.0. The third-order valence-corrected chi connectivity index (χ3v) is 3.85. The first-order valence-electron chi connectivity index (χ1n) is 7.42. The van der Waals surface area contributed by atoms with Gasteiger partial charge in [-0.25, -0.2) is 0 Å². The molecule has 0 aromatic heterocycles. The monoisotopic (exact) mass is 340 g/mol. The summed E-state index contributed by atoms with van der Waals surface area (Å²) in [6.45, 7) is 1.17. The van der Waals surface area contributed by atoms with E-state index in [-0.39, 0.29) is 12.5 Å². The molecule has 0 bridgehead atoms. The number of rotatable bonds is 4. The van der Waals surface area contributed by atoms with Gasteiger partial charge in [-0.2, -0.15) is 13.2 Å². The maximum absolute atomic E-state index is 12.6. The van der Waals surface area contributed by atoms with Crippen LogP contribution < -0.4 is 14.4 Å². The number of phenols is 1. The van der Waals surface area contributed by atoms with E-state index in [9.17, 15) is 18.3 Å². The normalized spacial score (nSPS) is 14.7. The summed E-state index contributed by atoms with van der Waals surface area (Å²) in [4.78, 5) is 1.02. The summed E-state index contributed by atoms with van der Waals surface area (Å²) in [6.07, 6.45) is -4.32. The Morgan fingerprint density at radius 2 is 1.67 bits per heavy atom. The average molecular weight is 340 g/mol. The number of hydrogen-bond donors (Lipinski definition) is 2. The minimum absolute atomic E-state index is 0.117. The molecule has 0 spiro atoms. The summed E-state index contributed by atoms with van der Waals surface area (Å²) in [5.41, 5.74) is 0.835. The lowest BCUT2D eigenvalue weighted by atomic mass is 10.1. The van der Waals surface area contributed by atoms with E-state index in [0.717, 1.165) is 22.6 Å². The number of hydrogen-bond acceptors (Lipinski definition) is 3. The largest absolute Gasteiger partial charge is 0.507 e. The summed E-state index contributed by atoms with van der Waals surface area (Å²) < 4.78 is 48.2. The van der Waals surface area contributed by atoms with Crippen molar-refractivity contribution in [3.05, 3.63) is 53.1 Å². The Labute approximate surface area is 137 Å². The minimum Gasteiger partial charge on any atom is -0.507 e. The standard InChI is InChI=1S/C17H16F3NO3/c1-21(8-11-2-4-13(5-3-11)17(18,19)20)9-12-6-15-16(7-14(12)22)24-10-23-15/h2-7,22H,8-10H2,1H3/p+1. The van der Waals surface area contributed by atoms with Crippen molar-refractivity contribution in [2.24, 2.45) is 0 Å². The molecule has 0 fully saturated rings. The molecule has 0 saturated heterocycles. The van der Waals surface area contributed by atoms with Crippen LogP contribution >= 0.6 is 0 Å². The highest BCUT2D eigenvalue weighted by atomic mass is 19.4.